The van der Waals surface area contributed by atoms with E-state index in [0.29, 0.717) is 179 Å². The minimum atomic E-state index is -2.82. The van der Waals surface area contributed by atoms with E-state index in [-0.39, 0.29) is 19.8 Å². The first-order valence-corrected chi connectivity index (χ1v) is 25.6. The van der Waals surface area contributed by atoms with Gasteiger partial charge in [0.25, 0.3) is 0 Å². The molecule has 0 unspecified atom stereocenters. The van der Waals surface area contributed by atoms with Crippen LogP contribution in [0.15, 0.2) is 101 Å². The summed E-state index contributed by atoms with van der Waals surface area (Å²) in [6.45, 7) is 15.4. The van der Waals surface area contributed by atoms with Crippen molar-refractivity contribution in [3.8, 4) is 52.4 Å². The molecule has 0 fully saturated rings. The number of aliphatic hydroxyl groups is 1. The fourth-order valence-corrected chi connectivity index (χ4v) is 8.52. The molecular formula is C59H67BF2N2O12. The van der Waals surface area contributed by atoms with Crippen molar-refractivity contribution in [2.75, 3.05) is 119 Å². The quantitative estimate of drug-likeness (QED) is 0.0752. The average Bonchev–Trinajstić information content (AvgIpc) is 3.90. The van der Waals surface area contributed by atoms with Crippen LogP contribution in [0.1, 0.15) is 60.8 Å². The zero-order valence-electron chi connectivity index (χ0n) is 44.1. The van der Waals surface area contributed by atoms with E-state index in [2.05, 4.69) is 23.7 Å². The number of allylic oxidation sites excluding steroid dienone is 3. The standard InChI is InChI=1S/C59H67BF2N2O12/c1-42-51(45(4)63-58(42)44(3)59-43(2)52(46(5)64(59)60(61)62)20-15-47-13-17-49(18-14-47)72-24-8-23-65)21-16-48-41-50-19-22-55(48)74-38-34-69-30-26-67-28-32-71-36-40-76-57-12-7-9-53-54(57)10-6-11-56(53)75-39-35-70-31-27-66-25-29-68-33-37-73-50/h6-7,9-14,17-19,22,41,65H,8,23-40H2,1-5H3/b58-44-. The van der Waals surface area contributed by atoms with Gasteiger partial charge in [0.2, 0.25) is 0 Å². The SMILES string of the molecule is CC1=N/C(=C(/C)c2c(C)c(C#Cc3ccc(OCCCO)cc3)c(C)n2B(F)F)C(C)=C1C#Cc1cc2ccc1OCCOCCOCCOCCOc1cccc3c(cccc13)OCCOCCOCCOCCO2. The smallest absolute Gasteiger partial charge is 0.494 e. The van der Waals surface area contributed by atoms with Gasteiger partial charge in [0.1, 0.15) is 55.2 Å². The highest BCUT2D eigenvalue weighted by atomic mass is 19.2. The van der Waals surface area contributed by atoms with Crippen LogP contribution in [-0.2, 0) is 28.4 Å². The van der Waals surface area contributed by atoms with Crippen LogP contribution in [0.4, 0.5) is 8.63 Å². The van der Waals surface area contributed by atoms with E-state index in [1.54, 1.807) is 32.0 Å². The number of aliphatic hydroxyl groups excluding tert-OH is 1. The number of nitrogens with zero attached hydrogens (tertiary/aromatic N) is 2. The molecule has 0 saturated carbocycles. The Kier molecular flexibility index (Phi) is 22.6. The van der Waals surface area contributed by atoms with Gasteiger partial charge in [-0.1, -0.05) is 47.9 Å². The van der Waals surface area contributed by atoms with Crippen molar-refractivity contribution < 1.29 is 65.8 Å². The maximum atomic E-state index is 14.9. The predicted molar refractivity (Wildman–Crippen MR) is 289 cm³/mol. The van der Waals surface area contributed by atoms with Gasteiger partial charge in [0.05, 0.1) is 108 Å². The monoisotopic (exact) mass is 1040 g/mol. The van der Waals surface area contributed by atoms with Crippen LogP contribution in [0, 0.1) is 37.5 Å². The van der Waals surface area contributed by atoms with Crippen molar-refractivity contribution in [2.24, 2.45) is 4.99 Å². The molecule has 17 heteroatoms. The van der Waals surface area contributed by atoms with Gasteiger partial charge in [-0.2, -0.15) is 0 Å². The third-order valence-electron chi connectivity index (χ3n) is 12.3. The number of hydrogen-bond acceptors (Lipinski definition) is 13. The Morgan fingerprint density at radius 1 is 0.618 bits per heavy atom. The molecule has 5 aromatic rings. The normalized spacial score (nSPS) is 16.9. The van der Waals surface area contributed by atoms with Crippen LogP contribution < -0.4 is 23.7 Å². The summed E-state index contributed by atoms with van der Waals surface area (Å²) in [6, 6.07) is 24.4. The highest BCUT2D eigenvalue weighted by molar-refractivity contribution is 6.41. The van der Waals surface area contributed by atoms with Crippen molar-refractivity contribution in [3.63, 3.8) is 0 Å². The van der Waals surface area contributed by atoms with Gasteiger partial charge in [-0.3, -0.25) is 13.6 Å². The number of halogens is 2. The molecule has 76 heavy (non-hydrogen) atoms. The summed E-state index contributed by atoms with van der Waals surface area (Å²) in [6.07, 6.45) is 0.528. The largest absolute Gasteiger partial charge is 0.677 e. The third-order valence-corrected chi connectivity index (χ3v) is 12.3. The number of fused-ring (bicyclic) bond motifs is 26. The Morgan fingerprint density at radius 3 is 1.68 bits per heavy atom. The van der Waals surface area contributed by atoms with Gasteiger partial charge in [0, 0.05) is 46.3 Å². The lowest BCUT2D eigenvalue weighted by Crippen LogP contribution is -2.17. The predicted octanol–water partition coefficient (Wildman–Crippen LogP) is 9.09. The van der Waals surface area contributed by atoms with Gasteiger partial charge in [-0.15, -0.1) is 0 Å². The molecule has 0 spiro atoms. The molecule has 3 aliphatic rings. The first-order valence-electron chi connectivity index (χ1n) is 25.6. The lowest BCUT2D eigenvalue weighted by molar-refractivity contribution is 0.00483. The average molecular weight is 1040 g/mol. The fourth-order valence-electron chi connectivity index (χ4n) is 8.52. The number of hydrogen-bond donors (Lipinski definition) is 1. The van der Waals surface area contributed by atoms with E-state index in [9.17, 15) is 8.63 Å². The summed E-state index contributed by atoms with van der Waals surface area (Å²) in [5.41, 5.74) is 6.36. The Labute approximate surface area is 445 Å². The molecule has 3 aliphatic heterocycles. The Bertz CT molecular complexity index is 2930. The van der Waals surface area contributed by atoms with Crippen molar-refractivity contribution in [1.82, 2.24) is 4.48 Å². The lowest BCUT2D eigenvalue weighted by atomic mass is 9.99. The summed E-state index contributed by atoms with van der Waals surface area (Å²) in [5, 5.41) is 11.0. The van der Waals surface area contributed by atoms with E-state index in [1.165, 1.54) is 0 Å². The van der Waals surface area contributed by atoms with Crippen molar-refractivity contribution in [2.45, 2.75) is 41.0 Å². The summed E-state index contributed by atoms with van der Waals surface area (Å²) >= 11 is 0. The van der Waals surface area contributed by atoms with Gasteiger partial charge in [-0.05, 0) is 106 Å². The van der Waals surface area contributed by atoms with E-state index < -0.39 is 7.40 Å². The molecule has 1 N–H and O–H groups in total. The van der Waals surface area contributed by atoms with Gasteiger partial charge < -0.3 is 61.7 Å². The number of benzene rings is 4. The molecule has 14 nitrogen and oxygen atoms in total. The molecule has 0 atom stereocenters. The van der Waals surface area contributed by atoms with Crippen LogP contribution in [0.25, 0.3) is 16.3 Å². The number of ether oxygens (including phenoxy) is 11. The molecule has 0 saturated heterocycles. The zero-order chi connectivity index (χ0) is 53.5. The molecular weight excluding hydrogens is 977 g/mol. The second-order valence-electron chi connectivity index (χ2n) is 17.5. The molecule has 8 rings (SSSR count). The molecule has 0 radical (unpaired) electrons. The van der Waals surface area contributed by atoms with E-state index in [1.807, 2.05) is 81.4 Å². The second kappa shape index (κ2) is 30.2. The molecule has 4 aromatic carbocycles. The zero-order valence-corrected chi connectivity index (χ0v) is 44.1. The first kappa shape index (κ1) is 57.0. The van der Waals surface area contributed by atoms with E-state index >= 15 is 0 Å². The van der Waals surface area contributed by atoms with Crippen LogP contribution in [0.2, 0.25) is 0 Å². The summed E-state index contributed by atoms with van der Waals surface area (Å²) in [5.74, 6) is 16.2. The molecule has 0 aliphatic carbocycles. The third kappa shape index (κ3) is 16.2. The topological polar surface area (TPSA) is 139 Å². The maximum absolute atomic E-state index is 14.9. The van der Waals surface area contributed by atoms with Gasteiger partial charge >= 0.3 is 7.40 Å². The van der Waals surface area contributed by atoms with Crippen molar-refractivity contribution in [3.05, 3.63) is 129 Å². The van der Waals surface area contributed by atoms with Crippen molar-refractivity contribution in [1.29, 1.82) is 0 Å². The number of rotatable bonds is 6. The minimum absolute atomic E-state index is 0.0458. The summed E-state index contributed by atoms with van der Waals surface area (Å²) in [4.78, 5) is 4.89. The Balaban J connectivity index is 1.01. The minimum Gasteiger partial charge on any atom is -0.494 e. The summed E-state index contributed by atoms with van der Waals surface area (Å²) < 4.78 is 95.4. The molecule has 6 bridgehead atoms. The first-order chi connectivity index (χ1) is 37.1. The molecule has 0 amide bonds. The maximum Gasteiger partial charge on any atom is 0.677 e. The summed E-state index contributed by atoms with van der Waals surface area (Å²) in [7, 11) is -2.82. The van der Waals surface area contributed by atoms with Crippen LogP contribution in [0.3, 0.4) is 0 Å². The lowest BCUT2D eigenvalue weighted by Gasteiger charge is -2.13. The van der Waals surface area contributed by atoms with Gasteiger partial charge in [-0.25, -0.2) is 0 Å². The van der Waals surface area contributed by atoms with E-state index in [4.69, 9.17) is 62.2 Å². The van der Waals surface area contributed by atoms with Crippen LogP contribution in [0.5, 0.6) is 28.7 Å². The Morgan fingerprint density at radius 2 is 1.14 bits per heavy atom. The van der Waals surface area contributed by atoms with Gasteiger partial charge in [0.15, 0.2) is 0 Å². The fraction of sp³-hybridized carbons (Fsp3) is 0.407. The molecule has 402 valence electrons. The Hall–Kier alpha value is -6.67. The van der Waals surface area contributed by atoms with Crippen LogP contribution >= 0.6 is 0 Å². The number of aromatic nitrogens is 1. The highest BCUT2D eigenvalue weighted by Crippen LogP contribution is 2.37. The van der Waals surface area contributed by atoms with Crippen LogP contribution in [-0.4, -0.2) is 142 Å². The highest BCUT2D eigenvalue weighted by Gasteiger charge is 2.30. The van der Waals surface area contributed by atoms with E-state index in [0.717, 1.165) is 32.3 Å². The molecule has 1 aromatic heterocycles. The van der Waals surface area contributed by atoms with Crippen molar-refractivity contribution >= 4 is 29.5 Å². The number of aliphatic imine (C=N–C) groups is 1. The molecule has 4 heterocycles. The second-order valence-corrected chi connectivity index (χ2v) is 17.5.